The summed E-state index contributed by atoms with van der Waals surface area (Å²) in [5.41, 5.74) is 15.8. The molecule has 0 spiro atoms. The van der Waals surface area contributed by atoms with E-state index in [1.807, 2.05) is 24.8 Å². The fourth-order valence-corrected chi connectivity index (χ4v) is 9.85. The summed E-state index contributed by atoms with van der Waals surface area (Å²) in [5.74, 6) is 0. The topological polar surface area (TPSA) is 35.6 Å². The molecule has 4 heteroatoms. The summed E-state index contributed by atoms with van der Waals surface area (Å²) in [4.78, 5) is 9.52. The van der Waals surface area contributed by atoms with E-state index >= 15 is 0 Å². The molecule has 4 heterocycles. The lowest BCUT2D eigenvalue weighted by Crippen LogP contribution is -1.94. The second-order valence-electron chi connectivity index (χ2n) is 16.7. The molecule has 64 heavy (non-hydrogen) atoms. The van der Waals surface area contributed by atoms with Crippen LogP contribution in [0.5, 0.6) is 0 Å². The van der Waals surface area contributed by atoms with Gasteiger partial charge in [0.25, 0.3) is 0 Å². The Kier molecular flexibility index (Phi) is 8.18. The van der Waals surface area contributed by atoms with Crippen LogP contribution in [0.4, 0.5) is 0 Å². The number of nitrogens with zero attached hydrogens (tertiary/aromatic N) is 4. The van der Waals surface area contributed by atoms with E-state index in [4.69, 9.17) is 9.97 Å². The number of rotatable bonds is 6. The first-order valence-electron chi connectivity index (χ1n) is 21.8. The number of benzene rings is 9. The largest absolute Gasteiger partial charge is 0.309 e. The molecule has 0 radical (unpaired) electrons. The zero-order valence-corrected chi connectivity index (χ0v) is 34.7. The maximum absolute atomic E-state index is 4.76. The predicted molar refractivity (Wildman–Crippen MR) is 267 cm³/mol. The molecule has 0 bridgehead atoms. The fraction of sp³-hybridized carbons (Fsp3) is 0. The summed E-state index contributed by atoms with van der Waals surface area (Å²) >= 11 is 0. The van der Waals surface area contributed by atoms with Crippen molar-refractivity contribution in [3.05, 3.63) is 231 Å². The van der Waals surface area contributed by atoms with Gasteiger partial charge in [-0.25, -0.2) is 0 Å². The van der Waals surface area contributed by atoms with Crippen LogP contribution in [-0.4, -0.2) is 19.1 Å². The van der Waals surface area contributed by atoms with Gasteiger partial charge in [-0.2, -0.15) is 0 Å². The van der Waals surface area contributed by atoms with Crippen molar-refractivity contribution >= 4 is 65.2 Å². The molecule has 0 amide bonds. The van der Waals surface area contributed by atoms with E-state index in [1.54, 1.807) is 0 Å². The number of pyridine rings is 2. The summed E-state index contributed by atoms with van der Waals surface area (Å²) in [7, 11) is 0. The van der Waals surface area contributed by atoms with Gasteiger partial charge in [-0.3, -0.25) is 9.97 Å². The smallest absolute Gasteiger partial charge is 0.0548 e. The van der Waals surface area contributed by atoms with E-state index in [9.17, 15) is 0 Å². The lowest BCUT2D eigenvalue weighted by atomic mass is 9.99. The van der Waals surface area contributed by atoms with Crippen molar-refractivity contribution in [1.82, 2.24) is 19.1 Å². The van der Waals surface area contributed by atoms with Crippen LogP contribution >= 0.6 is 0 Å². The summed E-state index contributed by atoms with van der Waals surface area (Å²) in [6.07, 6.45) is 7.89. The van der Waals surface area contributed by atoms with Crippen LogP contribution < -0.4 is 0 Å². The minimum atomic E-state index is 1.08. The van der Waals surface area contributed by atoms with Crippen molar-refractivity contribution in [3.8, 4) is 55.9 Å². The highest BCUT2D eigenvalue weighted by molar-refractivity contribution is 6.19. The van der Waals surface area contributed by atoms with Gasteiger partial charge in [0.05, 0.1) is 22.1 Å². The van der Waals surface area contributed by atoms with Gasteiger partial charge in [0.1, 0.15) is 0 Å². The van der Waals surface area contributed by atoms with E-state index in [1.165, 1.54) is 43.1 Å². The number of hydrogen-bond acceptors (Lipinski definition) is 2. The van der Waals surface area contributed by atoms with Crippen LogP contribution in [0.1, 0.15) is 0 Å². The summed E-state index contributed by atoms with van der Waals surface area (Å²) in [6, 6.07) is 74.9. The first-order valence-corrected chi connectivity index (χ1v) is 21.8. The lowest BCUT2D eigenvalue weighted by Gasteiger charge is -2.10. The third kappa shape index (κ3) is 5.92. The average Bonchev–Trinajstić information content (AvgIpc) is 3.86. The Labute approximate surface area is 369 Å². The minimum absolute atomic E-state index is 1.08. The molecule has 13 aromatic rings. The van der Waals surface area contributed by atoms with E-state index in [0.717, 1.165) is 77.9 Å². The van der Waals surface area contributed by atoms with Crippen molar-refractivity contribution in [3.63, 3.8) is 0 Å². The molecule has 0 atom stereocenters. The van der Waals surface area contributed by atoms with E-state index < -0.39 is 0 Å². The van der Waals surface area contributed by atoms with E-state index in [2.05, 4.69) is 215 Å². The van der Waals surface area contributed by atoms with Crippen molar-refractivity contribution < 1.29 is 0 Å². The first kappa shape index (κ1) is 36.1. The van der Waals surface area contributed by atoms with Gasteiger partial charge >= 0.3 is 0 Å². The third-order valence-electron chi connectivity index (χ3n) is 13.0. The molecule has 9 aromatic carbocycles. The monoisotopic (exact) mass is 814 g/mol. The van der Waals surface area contributed by atoms with Gasteiger partial charge in [-0.15, -0.1) is 0 Å². The van der Waals surface area contributed by atoms with Crippen LogP contribution in [0, 0.1) is 0 Å². The molecular formula is C60H38N4. The Morgan fingerprint density at radius 3 is 1.00 bits per heavy atom. The molecule has 13 rings (SSSR count). The van der Waals surface area contributed by atoms with Gasteiger partial charge in [-0.05, 0) is 117 Å². The van der Waals surface area contributed by atoms with Crippen molar-refractivity contribution in [1.29, 1.82) is 0 Å². The normalized spacial score (nSPS) is 11.8. The fourth-order valence-electron chi connectivity index (χ4n) is 9.85. The molecule has 4 nitrogen and oxygen atoms in total. The van der Waals surface area contributed by atoms with Crippen molar-refractivity contribution in [2.45, 2.75) is 0 Å². The third-order valence-corrected chi connectivity index (χ3v) is 13.0. The predicted octanol–water partition coefficient (Wildman–Crippen LogP) is 15.6. The highest BCUT2D eigenvalue weighted by atomic mass is 15.0. The maximum atomic E-state index is 4.76. The van der Waals surface area contributed by atoms with Gasteiger partial charge < -0.3 is 9.13 Å². The number of para-hydroxylation sites is 2. The van der Waals surface area contributed by atoms with Gasteiger partial charge in [0.15, 0.2) is 0 Å². The molecule has 0 aliphatic heterocycles. The zero-order chi connectivity index (χ0) is 42.1. The average molecular weight is 815 g/mol. The molecule has 0 saturated carbocycles. The first-order chi connectivity index (χ1) is 31.7. The maximum Gasteiger partial charge on any atom is 0.0548 e. The molecule has 0 N–H and O–H groups in total. The number of hydrogen-bond donors (Lipinski definition) is 0. The second kappa shape index (κ2) is 14.5. The van der Waals surface area contributed by atoms with E-state index in [0.29, 0.717) is 0 Å². The Bertz CT molecular complexity index is 3690. The van der Waals surface area contributed by atoms with Gasteiger partial charge in [-0.1, -0.05) is 133 Å². The zero-order valence-electron chi connectivity index (χ0n) is 34.7. The van der Waals surface area contributed by atoms with Crippen LogP contribution in [-0.2, 0) is 0 Å². The molecule has 0 saturated heterocycles. The second-order valence-corrected chi connectivity index (χ2v) is 16.7. The minimum Gasteiger partial charge on any atom is -0.309 e. The Morgan fingerprint density at radius 2 is 0.578 bits per heavy atom. The molecule has 0 fully saturated rings. The van der Waals surface area contributed by atoms with Crippen LogP contribution in [0.3, 0.4) is 0 Å². The van der Waals surface area contributed by atoms with Crippen LogP contribution in [0.2, 0.25) is 0 Å². The summed E-state index contributed by atoms with van der Waals surface area (Å²) < 4.78 is 4.86. The highest BCUT2D eigenvalue weighted by Crippen LogP contribution is 2.42. The number of aromatic nitrogens is 4. The molecule has 0 unspecified atom stereocenters. The Morgan fingerprint density at radius 1 is 0.234 bits per heavy atom. The molecular weight excluding hydrogens is 777 g/mol. The number of fused-ring (bicyclic) bond motifs is 8. The van der Waals surface area contributed by atoms with Crippen molar-refractivity contribution in [2.75, 3.05) is 0 Å². The van der Waals surface area contributed by atoms with Crippen LogP contribution in [0.25, 0.3) is 121 Å². The molecule has 4 aromatic heterocycles. The van der Waals surface area contributed by atoms with Crippen LogP contribution in [0.15, 0.2) is 231 Å². The van der Waals surface area contributed by atoms with Crippen molar-refractivity contribution in [2.24, 2.45) is 0 Å². The Balaban J connectivity index is 0.991. The lowest BCUT2D eigenvalue weighted by molar-refractivity contribution is 1.17. The molecule has 0 aliphatic carbocycles. The summed E-state index contributed by atoms with van der Waals surface area (Å²) in [5, 5.41) is 9.71. The molecule has 0 aliphatic rings. The SMILES string of the molecule is c1ccc(-n2c3cc(-c4cncc(-c5ccc6ccccc6c5)c4)ccc3c3cc4c(cc32)c2ccc(-c3cncc(-c5ccc6ccccc6c5)c3)cc2n4-c2ccccc2)cc1. The quantitative estimate of drug-likeness (QED) is 0.168. The molecule has 298 valence electrons. The highest BCUT2D eigenvalue weighted by Gasteiger charge is 2.20. The standard InChI is InChI=1S/C60H38N4/c1-3-15-51(16-4-1)63-57-31-45(49-29-47(35-61-37-49)43-21-19-39-11-7-9-13-41(39)27-43)23-25-53(57)55-34-60-56(33-59(55)63)54-26-24-46(32-58(54)64(60)52-17-5-2-6-18-52)50-30-48(36-62-38-50)44-22-20-40-12-8-10-14-42(40)28-44/h1-38H. The van der Waals surface area contributed by atoms with E-state index in [-0.39, 0.29) is 0 Å². The Hall–Kier alpha value is -8.60. The van der Waals surface area contributed by atoms with Gasteiger partial charge in [0, 0.05) is 80.0 Å². The van der Waals surface area contributed by atoms with Gasteiger partial charge in [0.2, 0.25) is 0 Å². The summed E-state index contributed by atoms with van der Waals surface area (Å²) in [6.45, 7) is 0.